The topological polar surface area (TPSA) is 49.3 Å². The molecule has 1 fully saturated rings. The van der Waals surface area contributed by atoms with Gasteiger partial charge >= 0.3 is 0 Å². The van der Waals surface area contributed by atoms with Crippen LogP contribution in [-0.2, 0) is 11.2 Å². The summed E-state index contributed by atoms with van der Waals surface area (Å²) in [4.78, 5) is 16.8. The Kier molecular flexibility index (Phi) is 6.37. The van der Waals surface area contributed by atoms with E-state index in [1.54, 1.807) is 0 Å². The molecule has 0 spiro atoms. The van der Waals surface area contributed by atoms with Crippen molar-refractivity contribution in [3.8, 4) is 11.3 Å². The van der Waals surface area contributed by atoms with E-state index in [2.05, 4.69) is 63.9 Å². The molecule has 0 radical (unpaired) electrons. The second-order valence-corrected chi connectivity index (χ2v) is 9.11. The van der Waals surface area contributed by atoms with Crippen molar-refractivity contribution in [2.24, 2.45) is 0 Å². The average Bonchev–Trinajstić information content (AvgIpc) is 2.78. The summed E-state index contributed by atoms with van der Waals surface area (Å²) in [6, 6.07) is 16.4. The van der Waals surface area contributed by atoms with Gasteiger partial charge in [0, 0.05) is 36.2 Å². The molecule has 5 nitrogen and oxygen atoms in total. The molecule has 0 atom stereocenters. The molecule has 1 aliphatic rings. The summed E-state index contributed by atoms with van der Waals surface area (Å²) in [5.41, 5.74) is 6.83. The Bertz CT molecular complexity index is 1070. The molecule has 31 heavy (non-hydrogen) atoms. The normalized spacial score (nSPS) is 14.1. The zero-order valence-corrected chi connectivity index (χ0v) is 19.8. The maximum atomic E-state index is 12.6. The maximum absolute atomic E-state index is 12.6. The van der Waals surface area contributed by atoms with Crippen LogP contribution in [0.15, 0.2) is 53.0 Å². The van der Waals surface area contributed by atoms with Gasteiger partial charge in [-0.1, -0.05) is 34.1 Å². The van der Waals surface area contributed by atoms with Crippen molar-refractivity contribution in [1.82, 2.24) is 15.1 Å². The average molecular weight is 479 g/mol. The lowest BCUT2D eigenvalue weighted by atomic mass is 9.99. The number of aryl methyl sites for hydroxylation is 3. The molecule has 2 heterocycles. The zero-order valence-electron chi connectivity index (χ0n) is 18.2. The fourth-order valence-electron chi connectivity index (χ4n) is 3.95. The number of hydrogen-bond donors (Lipinski definition) is 0. The summed E-state index contributed by atoms with van der Waals surface area (Å²) in [7, 11) is 0. The molecular weight excluding hydrogens is 452 g/mol. The summed E-state index contributed by atoms with van der Waals surface area (Å²) in [6.07, 6.45) is 0.442. The van der Waals surface area contributed by atoms with Gasteiger partial charge in [-0.2, -0.15) is 0 Å². The molecule has 0 saturated carbocycles. The van der Waals surface area contributed by atoms with Crippen molar-refractivity contribution in [1.29, 1.82) is 0 Å². The Balaban J connectivity index is 1.37. The molecule has 0 unspecified atom stereocenters. The molecule has 1 aromatic heterocycles. The van der Waals surface area contributed by atoms with Crippen molar-refractivity contribution in [2.45, 2.75) is 27.2 Å². The first-order valence-corrected chi connectivity index (χ1v) is 11.4. The van der Waals surface area contributed by atoms with Gasteiger partial charge in [-0.3, -0.25) is 4.79 Å². The van der Waals surface area contributed by atoms with Crippen molar-refractivity contribution in [2.75, 3.05) is 31.1 Å². The molecule has 0 bridgehead atoms. The minimum Gasteiger partial charge on any atom is -0.352 e. The fourth-order valence-corrected chi connectivity index (χ4v) is 4.21. The predicted octanol–water partition coefficient (Wildman–Crippen LogP) is 4.72. The zero-order chi connectivity index (χ0) is 22.0. The van der Waals surface area contributed by atoms with Gasteiger partial charge in [0.05, 0.1) is 12.1 Å². The van der Waals surface area contributed by atoms with E-state index in [9.17, 15) is 4.79 Å². The van der Waals surface area contributed by atoms with Gasteiger partial charge in [0.2, 0.25) is 5.91 Å². The third-order valence-electron chi connectivity index (χ3n) is 5.99. The number of aromatic nitrogens is 2. The molecule has 0 N–H and O–H groups in total. The van der Waals surface area contributed by atoms with Crippen LogP contribution in [0.1, 0.15) is 22.3 Å². The Morgan fingerprint density at radius 2 is 1.55 bits per heavy atom. The Morgan fingerprint density at radius 1 is 0.871 bits per heavy atom. The van der Waals surface area contributed by atoms with Crippen molar-refractivity contribution in [3.05, 3.63) is 75.3 Å². The lowest BCUT2D eigenvalue weighted by Gasteiger charge is -2.35. The summed E-state index contributed by atoms with van der Waals surface area (Å²) >= 11 is 3.43. The monoisotopic (exact) mass is 478 g/mol. The molecular formula is C25H27BrN4O. The van der Waals surface area contributed by atoms with E-state index in [4.69, 9.17) is 0 Å². The third kappa shape index (κ3) is 4.96. The van der Waals surface area contributed by atoms with Crippen LogP contribution in [0.5, 0.6) is 0 Å². The van der Waals surface area contributed by atoms with E-state index in [0.29, 0.717) is 19.5 Å². The number of halogens is 1. The molecule has 6 heteroatoms. The minimum atomic E-state index is 0.175. The largest absolute Gasteiger partial charge is 0.352 e. The number of benzene rings is 2. The number of nitrogens with zero attached hydrogens (tertiary/aromatic N) is 4. The summed E-state index contributed by atoms with van der Waals surface area (Å²) in [5.74, 6) is 1.04. The standard InChI is InChI=1S/C25H27BrN4O/c1-17-14-19(3)22(15-18(17)2)23-8-9-24(28-27-23)29-10-12-30(13-11-29)25(31)16-20-4-6-21(26)7-5-20/h4-9,14-15H,10-13,16H2,1-3H3. The first-order valence-electron chi connectivity index (χ1n) is 10.6. The lowest BCUT2D eigenvalue weighted by molar-refractivity contribution is -0.130. The van der Waals surface area contributed by atoms with Gasteiger partial charge in [-0.05, 0) is 73.4 Å². The summed E-state index contributed by atoms with van der Waals surface area (Å²) in [5, 5.41) is 8.98. The molecule has 0 aliphatic carbocycles. The number of rotatable bonds is 4. The lowest BCUT2D eigenvalue weighted by Crippen LogP contribution is -2.49. The number of piperazine rings is 1. The van der Waals surface area contributed by atoms with E-state index < -0.39 is 0 Å². The predicted molar refractivity (Wildman–Crippen MR) is 128 cm³/mol. The van der Waals surface area contributed by atoms with Crippen LogP contribution in [0.25, 0.3) is 11.3 Å². The van der Waals surface area contributed by atoms with Gasteiger partial charge in [-0.15, -0.1) is 10.2 Å². The number of hydrogen-bond acceptors (Lipinski definition) is 4. The molecule has 1 amide bonds. The van der Waals surface area contributed by atoms with Crippen LogP contribution in [0, 0.1) is 20.8 Å². The minimum absolute atomic E-state index is 0.175. The first kappa shape index (κ1) is 21.5. The van der Waals surface area contributed by atoms with Crippen LogP contribution in [0.4, 0.5) is 5.82 Å². The van der Waals surface area contributed by atoms with Gasteiger partial charge in [0.1, 0.15) is 0 Å². The van der Waals surface area contributed by atoms with Gasteiger partial charge in [0.25, 0.3) is 0 Å². The van der Waals surface area contributed by atoms with Gasteiger partial charge in [-0.25, -0.2) is 0 Å². The van der Waals surface area contributed by atoms with E-state index >= 15 is 0 Å². The van der Waals surface area contributed by atoms with Crippen molar-refractivity contribution in [3.63, 3.8) is 0 Å². The highest BCUT2D eigenvalue weighted by molar-refractivity contribution is 9.10. The van der Waals surface area contributed by atoms with Crippen molar-refractivity contribution < 1.29 is 4.79 Å². The molecule has 1 aliphatic heterocycles. The summed E-state index contributed by atoms with van der Waals surface area (Å²) in [6.45, 7) is 9.30. The number of carbonyl (C=O) groups excluding carboxylic acids is 1. The molecule has 4 rings (SSSR count). The first-order chi connectivity index (χ1) is 14.9. The van der Waals surface area contributed by atoms with Gasteiger partial charge < -0.3 is 9.80 Å². The molecule has 2 aromatic carbocycles. The van der Waals surface area contributed by atoms with Crippen LogP contribution >= 0.6 is 15.9 Å². The smallest absolute Gasteiger partial charge is 0.227 e. The van der Waals surface area contributed by atoms with Crippen LogP contribution in [0.3, 0.4) is 0 Å². The SMILES string of the molecule is Cc1cc(C)c(-c2ccc(N3CCN(C(=O)Cc4ccc(Br)cc4)CC3)nn2)cc1C. The quantitative estimate of drug-likeness (QED) is 0.544. The van der Waals surface area contributed by atoms with Crippen LogP contribution < -0.4 is 4.90 Å². The van der Waals surface area contributed by atoms with Crippen molar-refractivity contribution >= 4 is 27.7 Å². The molecule has 1 saturated heterocycles. The molecule has 160 valence electrons. The fraction of sp³-hybridized carbons (Fsp3) is 0.320. The Hall–Kier alpha value is -2.73. The highest BCUT2D eigenvalue weighted by Crippen LogP contribution is 2.25. The highest BCUT2D eigenvalue weighted by atomic mass is 79.9. The van der Waals surface area contributed by atoms with E-state index in [1.807, 2.05) is 41.3 Å². The third-order valence-corrected chi connectivity index (χ3v) is 6.52. The van der Waals surface area contributed by atoms with E-state index in [0.717, 1.165) is 40.2 Å². The van der Waals surface area contributed by atoms with E-state index in [1.165, 1.54) is 16.7 Å². The highest BCUT2D eigenvalue weighted by Gasteiger charge is 2.22. The number of amides is 1. The van der Waals surface area contributed by atoms with Gasteiger partial charge in [0.15, 0.2) is 5.82 Å². The summed E-state index contributed by atoms with van der Waals surface area (Å²) < 4.78 is 1.03. The second-order valence-electron chi connectivity index (χ2n) is 8.20. The second kappa shape index (κ2) is 9.18. The van der Waals surface area contributed by atoms with Crippen LogP contribution in [0.2, 0.25) is 0 Å². The Labute approximate surface area is 192 Å². The maximum Gasteiger partial charge on any atom is 0.227 e. The number of anilines is 1. The number of carbonyl (C=O) groups is 1. The Morgan fingerprint density at radius 3 is 2.19 bits per heavy atom. The van der Waals surface area contributed by atoms with E-state index in [-0.39, 0.29) is 5.91 Å². The van der Waals surface area contributed by atoms with Crippen LogP contribution in [-0.4, -0.2) is 47.2 Å². The molecule has 3 aromatic rings.